The molecule has 1 unspecified atom stereocenters. The van der Waals surface area contributed by atoms with E-state index in [4.69, 9.17) is 33.7 Å². The van der Waals surface area contributed by atoms with Gasteiger partial charge >= 0.3 is 0 Å². The van der Waals surface area contributed by atoms with Gasteiger partial charge in [0.1, 0.15) is 11.9 Å². The van der Waals surface area contributed by atoms with Crippen LogP contribution in [0.1, 0.15) is 11.7 Å². The molecule has 2 N–H and O–H groups in total. The van der Waals surface area contributed by atoms with Crippen molar-refractivity contribution in [3.63, 3.8) is 0 Å². The lowest BCUT2D eigenvalue weighted by Crippen LogP contribution is -2.19. The number of rotatable bonds is 4. The van der Waals surface area contributed by atoms with Crippen LogP contribution in [0.2, 0.25) is 10.0 Å². The van der Waals surface area contributed by atoms with E-state index in [-0.39, 0.29) is 6.10 Å². The first-order valence-corrected chi connectivity index (χ1v) is 7.23. The highest BCUT2D eigenvalue weighted by Crippen LogP contribution is 2.33. The van der Waals surface area contributed by atoms with E-state index in [1.807, 2.05) is 36.4 Å². The SMILES string of the molecule is NCC(Oc1cc(Br)ccc1Cl)c1ccccc1Cl. The van der Waals surface area contributed by atoms with Gasteiger partial charge in [-0.25, -0.2) is 0 Å². The van der Waals surface area contributed by atoms with Crippen molar-refractivity contribution in [3.8, 4) is 5.75 Å². The Labute approximate surface area is 130 Å². The highest BCUT2D eigenvalue weighted by Gasteiger charge is 2.16. The van der Waals surface area contributed by atoms with Crippen LogP contribution in [0.3, 0.4) is 0 Å². The van der Waals surface area contributed by atoms with Crippen molar-refractivity contribution in [2.45, 2.75) is 6.10 Å². The zero-order chi connectivity index (χ0) is 13.8. The van der Waals surface area contributed by atoms with Gasteiger partial charge in [-0.1, -0.05) is 57.3 Å². The third kappa shape index (κ3) is 3.63. The normalized spacial score (nSPS) is 12.2. The Balaban J connectivity index is 2.29. The zero-order valence-corrected chi connectivity index (χ0v) is 13.0. The van der Waals surface area contributed by atoms with E-state index in [9.17, 15) is 0 Å². The van der Waals surface area contributed by atoms with E-state index in [1.165, 1.54) is 0 Å². The lowest BCUT2D eigenvalue weighted by Gasteiger charge is -2.19. The van der Waals surface area contributed by atoms with Gasteiger partial charge in [0, 0.05) is 21.6 Å². The summed E-state index contributed by atoms with van der Waals surface area (Å²) in [6.07, 6.45) is -0.333. The van der Waals surface area contributed by atoms with Gasteiger partial charge in [-0.05, 0) is 24.3 Å². The molecule has 0 aliphatic heterocycles. The highest BCUT2D eigenvalue weighted by atomic mass is 79.9. The minimum absolute atomic E-state index is 0.312. The minimum atomic E-state index is -0.333. The standard InChI is InChI=1S/C14H12BrCl2NO/c15-9-5-6-12(17)13(7-9)19-14(8-18)10-3-1-2-4-11(10)16/h1-7,14H,8,18H2. The largest absolute Gasteiger partial charge is 0.483 e. The molecule has 0 aliphatic rings. The van der Waals surface area contributed by atoms with Gasteiger partial charge < -0.3 is 10.5 Å². The Kier molecular flexibility index (Phi) is 5.11. The molecule has 0 amide bonds. The Morgan fingerprint density at radius 1 is 1.11 bits per heavy atom. The molecule has 19 heavy (non-hydrogen) atoms. The molecule has 0 aromatic heterocycles. The van der Waals surface area contributed by atoms with Crippen LogP contribution in [0, 0.1) is 0 Å². The third-order valence-corrected chi connectivity index (χ3v) is 3.78. The van der Waals surface area contributed by atoms with E-state index in [0.717, 1.165) is 10.0 Å². The zero-order valence-electron chi connectivity index (χ0n) is 9.95. The number of halogens is 3. The van der Waals surface area contributed by atoms with Crippen LogP contribution in [0.25, 0.3) is 0 Å². The predicted molar refractivity (Wildman–Crippen MR) is 83.0 cm³/mol. The first-order valence-electron chi connectivity index (χ1n) is 5.68. The van der Waals surface area contributed by atoms with Gasteiger partial charge in [0.15, 0.2) is 0 Å². The topological polar surface area (TPSA) is 35.2 Å². The summed E-state index contributed by atoms with van der Waals surface area (Å²) in [6.45, 7) is 0.312. The highest BCUT2D eigenvalue weighted by molar-refractivity contribution is 9.10. The number of hydrogen-bond donors (Lipinski definition) is 1. The molecule has 2 aromatic carbocycles. The third-order valence-electron chi connectivity index (χ3n) is 2.63. The van der Waals surface area contributed by atoms with Crippen LogP contribution in [0.4, 0.5) is 0 Å². The molecular formula is C14H12BrCl2NO. The fraction of sp³-hybridized carbons (Fsp3) is 0.143. The average Bonchev–Trinajstić information content (AvgIpc) is 2.41. The fourth-order valence-corrected chi connectivity index (χ4v) is 2.46. The van der Waals surface area contributed by atoms with Crippen molar-refractivity contribution < 1.29 is 4.74 Å². The quantitative estimate of drug-likeness (QED) is 0.846. The second-order valence-electron chi connectivity index (χ2n) is 3.94. The maximum absolute atomic E-state index is 6.16. The van der Waals surface area contributed by atoms with Gasteiger partial charge in [-0.3, -0.25) is 0 Å². The molecular weight excluding hydrogens is 349 g/mol. The number of nitrogens with two attached hydrogens (primary N) is 1. The Hall–Kier alpha value is -0.740. The summed E-state index contributed by atoms with van der Waals surface area (Å²) in [7, 11) is 0. The summed E-state index contributed by atoms with van der Waals surface area (Å²) in [6, 6.07) is 12.9. The molecule has 100 valence electrons. The summed E-state index contributed by atoms with van der Waals surface area (Å²) < 4.78 is 6.76. The number of ether oxygens (including phenoxy) is 1. The molecule has 1 atom stereocenters. The summed E-state index contributed by atoms with van der Waals surface area (Å²) in [5, 5.41) is 1.16. The van der Waals surface area contributed by atoms with Crippen LogP contribution in [0.15, 0.2) is 46.9 Å². The Morgan fingerprint density at radius 2 is 1.84 bits per heavy atom. The Morgan fingerprint density at radius 3 is 2.53 bits per heavy atom. The van der Waals surface area contributed by atoms with Crippen molar-refractivity contribution >= 4 is 39.1 Å². The molecule has 0 heterocycles. The van der Waals surface area contributed by atoms with Crippen molar-refractivity contribution in [2.24, 2.45) is 5.73 Å². The molecule has 0 fully saturated rings. The van der Waals surface area contributed by atoms with Crippen molar-refractivity contribution in [2.75, 3.05) is 6.54 Å². The summed E-state index contributed by atoms with van der Waals surface area (Å²) >= 11 is 15.6. The molecule has 0 saturated carbocycles. The molecule has 0 spiro atoms. The maximum atomic E-state index is 6.16. The van der Waals surface area contributed by atoms with Crippen LogP contribution < -0.4 is 10.5 Å². The van der Waals surface area contributed by atoms with Crippen LogP contribution >= 0.6 is 39.1 Å². The van der Waals surface area contributed by atoms with Gasteiger partial charge in [0.2, 0.25) is 0 Å². The summed E-state index contributed by atoms with van der Waals surface area (Å²) in [5.41, 5.74) is 6.62. The molecule has 0 radical (unpaired) electrons. The second-order valence-corrected chi connectivity index (χ2v) is 5.67. The average molecular weight is 361 g/mol. The second kappa shape index (κ2) is 6.62. The smallest absolute Gasteiger partial charge is 0.140 e. The monoisotopic (exact) mass is 359 g/mol. The van der Waals surface area contributed by atoms with Gasteiger partial charge in [0.05, 0.1) is 5.02 Å². The van der Waals surface area contributed by atoms with Crippen molar-refractivity contribution in [1.82, 2.24) is 0 Å². The van der Waals surface area contributed by atoms with Gasteiger partial charge in [-0.2, -0.15) is 0 Å². The van der Waals surface area contributed by atoms with Crippen LogP contribution in [-0.2, 0) is 0 Å². The Bertz CT molecular complexity index is 577. The molecule has 2 aromatic rings. The summed E-state index contributed by atoms with van der Waals surface area (Å²) in [4.78, 5) is 0. The molecule has 0 saturated heterocycles. The lowest BCUT2D eigenvalue weighted by atomic mass is 10.1. The molecule has 2 nitrogen and oxygen atoms in total. The van der Waals surface area contributed by atoms with E-state index in [1.54, 1.807) is 6.07 Å². The predicted octanol–water partition coefficient (Wildman–Crippen LogP) is 4.83. The van der Waals surface area contributed by atoms with Crippen LogP contribution in [0.5, 0.6) is 5.75 Å². The van der Waals surface area contributed by atoms with Gasteiger partial charge in [0.25, 0.3) is 0 Å². The van der Waals surface area contributed by atoms with E-state index >= 15 is 0 Å². The summed E-state index contributed by atoms with van der Waals surface area (Å²) in [5.74, 6) is 0.575. The minimum Gasteiger partial charge on any atom is -0.483 e. The van der Waals surface area contributed by atoms with E-state index in [0.29, 0.717) is 22.3 Å². The number of benzene rings is 2. The molecule has 5 heteroatoms. The first kappa shape index (κ1) is 14.7. The van der Waals surface area contributed by atoms with E-state index < -0.39 is 0 Å². The van der Waals surface area contributed by atoms with Crippen molar-refractivity contribution in [3.05, 3.63) is 62.5 Å². The molecule has 0 bridgehead atoms. The van der Waals surface area contributed by atoms with Crippen molar-refractivity contribution in [1.29, 1.82) is 0 Å². The molecule has 2 rings (SSSR count). The van der Waals surface area contributed by atoms with Crippen LogP contribution in [-0.4, -0.2) is 6.54 Å². The van der Waals surface area contributed by atoms with E-state index in [2.05, 4.69) is 15.9 Å². The lowest BCUT2D eigenvalue weighted by molar-refractivity contribution is 0.214. The first-order chi connectivity index (χ1) is 9.11. The van der Waals surface area contributed by atoms with Gasteiger partial charge in [-0.15, -0.1) is 0 Å². The molecule has 0 aliphatic carbocycles. The number of hydrogen-bond acceptors (Lipinski definition) is 2. The fourth-order valence-electron chi connectivity index (χ4n) is 1.70. The maximum Gasteiger partial charge on any atom is 0.140 e.